The maximum atomic E-state index is 13.5. The van der Waals surface area contributed by atoms with Crippen molar-refractivity contribution in [1.29, 1.82) is 0 Å². The minimum absolute atomic E-state index is 0.0130. The number of aromatic nitrogens is 2. The number of benzene rings is 2. The van der Waals surface area contributed by atoms with Crippen molar-refractivity contribution >= 4 is 17.7 Å². The van der Waals surface area contributed by atoms with Gasteiger partial charge in [0.05, 0.1) is 6.61 Å². The molecule has 0 atom stereocenters. The maximum Gasteiger partial charge on any atom is 0.313 e. The third-order valence-electron chi connectivity index (χ3n) is 5.67. The van der Waals surface area contributed by atoms with E-state index in [1.54, 1.807) is 61.7 Å². The van der Waals surface area contributed by atoms with Crippen LogP contribution in [0.4, 0.5) is 5.82 Å². The molecular formula is C27H33N3O4. The molecule has 0 fully saturated rings. The second-order valence-corrected chi connectivity index (χ2v) is 8.17. The van der Waals surface area contributed by atoms with Crippen LogP contribution in [0.2, 0.25) is 0 Å². The molecule has 2 aromatic carbocycles. The molecule has 0 aliphatic heterocycles. The average molecular weight is 464 g/mol. The fraction of sp³-hybridized carbons (Fsp3) is 0.370. The zero-order chi connectivity index (χ0) is 24.4. The number of nitrogens with zero attached hydrogens (tertiary/aromatic N) is 2. The first-order valence-electron chi connectivity index (χ1n) is 11.9. The molecule has 0 saturated carbocycles. The Balaban J connectivity index is 1.88. The maximum absolute atomic E-state index is 13.5. The molecule has 0 unspecified atom stereocenters. The number of carbonyl (C=O) groups excluding carboxylic acids is 2. The van der Waals surface area contributed by atoms with Crippen LogP contribution in [0.3, 0.4) is 0 Å². The lowest BCUT2D eigenvalue weighted by Gasteiger charge is -2.27. The number of imidazole rings is 1. The summed E-state index contributed by atoms with van der Waals surface area (Å²) >= 11 is 0. The van der Waals surface area contributed by atoms with E-state index in [0.717, 1.165) is 25.7 Å². The number of esters is 1. The molecule has 1 aromatic heterocycles. The summed E-state index contributed by atoms with van der Waals surface area (Å²) in [5, 5.41) is 14.4. The van der Waals surface area contributed by atoms with Crippen molar-refractivity contribution in [2.75, 3.05) is 11.9 Å². The van der Waals surface area contributed by atoms with E-state index < -0.39 is 11.5 Å². The molecule has 2 N–H and O–H groups in total. The zero-order valence-corrected chi connectivity index (χ0v) is 19.9. The van der Waals surface area contributed by atoms with Crippen LogP contribution < -0.4 is 5.32 Å². The lowest BCUT2D eigenvalue weighted by molar-refractivity contribution is -0.142. The predicted octanol–water partition coefficient (Wildman–Crippen LogP) is 4.44. The van der Waals surface area contributed by atoms with Crippen LogP contribution in [-0.2, 0) is 32.9 Å². The van der Waals surface area contributed by atoms with Gasteiger partial charge in [-0.05, 0) is 24.5 Å². The molecule has 0 aliphatic carbocycles. The summed E-state index contributed by atoms with van der Waals surface area (Å²) in [5.74, 6) is -0.188. The molecule has 7 heteroatoms. The summed E-state index contributed by atoms with van der Waals surface area (Å²) in [7, 11) is 0. The van der Waals surface area contributed by atoms with Crippen LogP contribution in [0.1, 0.15) is 56.5 Å². The number of unbranched alkanes of at least 4 members (excludes halogenated alkanes) is 3. The Hall–Kier alpha value is -3.45. The lowest BCUT2D eigenvalue weighted by Crippen LogP contribution is -2.41. The van der Waals surface area contributed by atoms with E-state index >= 15 is 0 Å². The number of nitrogens with one attached hydrogen (secondary N) is 1. The Bertz CT molecular complexity index is 1020. The van der Waals surface area contributed by atoms with E-state index in [1.807, 2.05) is 16.7 Å². The van der Waals surface area contributed by atoms with Crippen LogP contribution in [0.25, 0.3) is 0 Å². The lowest BCUT2D eigenvalue weighted by atomic mass is 9.85. The van der Waals surface area contributed by atoms with Crippen molar-refractivity contribution in [2.45, 2.75) is 58.1 Å². The Morgan fingerprint density at radius 2 is 1.59 bits per heavy atom. The quantitative estimate of drug-likeness (QED) is 0.306. The molecule has 0 spiro atoms. The number of amides is 1. The first-order valence-corrected chi connectivity index (χ1v) is 11.9. The Morgan fingerprint density at radius 1 is 0.971 bits per heavy atom. The number of carbonyl (C=O) groups is 2. The molecule has 0 radical (unpaired) electrons. The van der Waals surface area contributed by atoms with Gasteiger partial charge in [0.2, 0.25) is 0 Å². The number of anilines is 1. The SMILES string of the molecule is CCCCCCn1cc(NC(=O)C(O)(c2ccccc2)c2ccccc2)nc1CC(=O)OCC. The highest BCUT2D eigenvalue weighted by Crippen LogP contribution is 2.31. The number of aliphatic hydroxyl groups is 1. The topological polar surface area (TPSA) is 93.5 Å². The van der Waals surface area contributed by atoms with Gasteiger partial charge in [0.15, 0.2) is 11.4 Å². The molecule has 0 saturated heterocycles. The minimum Gasteiger partial charge on any atom is -0.466 e. The number of aryl methyl sites for hydroxylation is 1. The molecule has 0 bridgehead atoms. The molecule has 34 heavy (non-hydrogen) atoms. The normalized spacial score (nSPS) is 11.3. The number of hydrogen-bond acceptors (Lipinski definition) is 5. The summed E-state index contributed by atoms with van der Waals surface area (Å²) in [6.45, 7) is 4.88. The van der Waals surface area contributed by atoms with Crippen LogP contribution in [0.5, 0.6) is 0 Å². The van der Waals surface area contributed by atoms with Crippen molar-refractivity contribution in [3.8, 4) is 0 Å². The molecule has 1 heterocycles. The predicted molar refractivity (Wildman–Crippen MR) is 131 cm³/mol. The molecule has 180 valence electrons. The van der Waals surface area contributed by atoms with Gasteiger partial charge in [-0.15, -0.1) is 0 Å². The van der Waals surface area contributed by atoms with E-state index in [1.165, 1.54) is 0 Å². The molecule has 1 amide bonds. The first-order chi connectivity index (χ1) is 16.5. The Kier molecular flexibility index (Phi) is 8.99. The van der Waals surface area contributed by atoms with Crippen molar-refractivity contribution in [3.63, 3.8) is 0 Å². The monoisotopic (exact) mass is 463 g/mol. The van der Waals surface area contributed by atoms with Gasteiger partial charge in [-0.25, -0.2) is 4.98 Å². The highest BCUT2D eigenvalue weighted by molar-refractivity contribution is 5.99. The smallest absolute Gasteiger partial charge is 0.313 e. The van der Waals surface area contributed by atoms with Gasteiger partial charge >= 0.3 is 5.97 Å². The first kappa shape index (κ1) is 25.2. The molecule has 7 nitrogen and oxygen atoms in total. The Morgan fingerprint density at radius 3 is 2.15 bits per heavy atom. The molecule has 3 aromatic rings. The number of rotatable bonds is 12. The molecule has 3 rings (SSSR count). The molecule has 0 aliphatic rings. The molecular weight excluding hydrogens is 430 g/mol. The van der Waals surface area contributed by atoms with Gasteiger partial charge in [0.25, 0.3) is 5.91 Å². The van der Waals surface area contributed by atoms with Crippen molar-refractivity contribution < 1.29 is 19.4 Å². The van der Waals surface area contributed by atoms with E-state index in [4.69, 9.17) is 4.74 Å². The fourth-order valence-electron chi connectivity index (χ4n) is 3.89. The van der Waals surface area contributed by atoms with Gasteiger partial charge in [-0.2, -0.15) is 0 Å². The third kappa shape index (κ3) is 6.11. The average Bonchev–Trinajstić information content (AvgIpc) is 3.23. The fourth-order valence-corrected chi connectivity index (χ4v) is 3.89. The summed E-state index contributed by atoms with van der Waals surface area (Å²) < 4.78 is 6.97. The van der Waals surface area contributed by atoms with Crippen molar-refractivity contribution in [1.82, 2.24) is 9.55 Å². The highest BCUT2D eigenvalue weighted by Gasteiger charge is 2.40. The second kappa shape index (κ2) is 12.1. The van der Waals surface area contributed by atoms with Crippen LogP contribution in [0.15, 0.2) is 66.9 Å². The van der Waals surface area contributed by atoms with Gasteiger partial charge in [-0.1, -0.05) is 86.8 Å². The van der Waals surface area contributed by atoms with E-state index in [0.29, 0.717) is 30.1 Å². The van der Waals surface area contributed by atoms with Gasteiger partial charge in [-0.3, -0.25) is 9.59 Å². The van der Waals surface area contributed by atoms with Gasteiger partial charge in [0, 0.05) is 12.7 Å². The van der Waals surface area contributed by atoms with Crippen LogP contribution in [-0.4, -0.2) is 33.1 Å². The van der Waals surface area contributed by atoms with Gasteiger partial charge in [0.1, 0.15) is 12.2 Å². The summed E-state index contributed by atoms with van der Waals surface area (Å²) in [6.07, 6.45) is 5.99. The van der Waals surface area contributed by atoms with Crippen molar-refractivity contribution in [2.24, 2.45) is 0 Å². The third-order valence-corrected chi connectivity index (χ3v) is 5.67. The summed E-state index contributed by atoms with van der Waals surface area (Å²) in [6, 6.07) is 17.6. The highest BCUT2D eigenvalue weighted by atomic mass is 16.5. The number of ether oxygens (including phenoxy) is 1. The van der Waals surface area contributed by atoms with Crippen LogP contribution >= 0.6 is 0 Å². The van der Waals surface area contributed by atoms with Crippen molar-refractivity contribution in [3.05, 3.63) is 83.8 Å². The van der Waals surface area contributed by atoms with Crippen LogP contribution in [0, 0.1) is 0 Å². The second-order valence-electron chi connectivity index (χ2n) is 8.17. The minimum atomic E-state index is -1.91. The largest absolute Gasteiger partial charge is 0.466 e. The zero-order valence-electron chi connectivity index (χ0n) is 19.9. The van der Waals surface area contributed by atoms with E-state index in [-0.39, 0.29) is 18.2 Å². The Labute approximate surface area is 200 Å². The van der Waals surface area contributed by atoms with E-state index in [2.05, 4.69) is 17.2 Å². The van der Waals surface area contributed by atoms with E-state index in [9.17, 15) is 14.7 Å². The summed E-state index contributed by atoms with van der Waals surface area (Å²) in [4.78, 5) is 30.1. The number of hydrogen-bond donors (Lipinski definition) is 2. The summed E-state index contributed by atoms with van der Waals surface area (Å²) in [5.41, 5.74) is -1.01. The standard InChI is InChI=1S/C27H33N3O4/c1-3-5-6-13-18-30-20-23(28-24(30)19-25(31)34-4-2)29-26(32)27(33,21-14-9-7-10-15-21)22-16-11-8-12-17-22/h7-12,14-17,20,33H,3-6,13,18-19H2,1-2H3,(H,29,32). The van der Waals surface area contributed by atoms with Gasteiger partial charge < -0.3 is 19.7 Å².